The van der Waals surface area contributed by atoms with E-state index >= 15 is 0 Å². The van der Waals surface area contributed by atoms with Crippen LogP contribution in [0.25, 0.3) is 0 Å². The van der Waals surface area contributed by atoms with Gasteiger partial charge in [0.15, 0.2) is 0 Å². The molecule has 0 bridgehead atoms. The van der Waals surface area contributed by atoms with Gasteiger partial charge >= 0.3 is 5.97 Å². The van der Waals surface area contributed by atoms with Crippen LogP contribution >= 0.6 is 0 Å². The van der Waals surface area contributed by atoms with Crippen molar-refractivity contribution in [3.63, 3.8) is 0 Å². The lowest BCUT2D eigenvalue weighted by Gasteiger charge is -2.14. The van der Waals surface area contributed by atoms with Crippen molar-refractivity contribution in [2.24, 2.45) is 0 Å². The zero-order chi connectivity index (χ0) is 13.5. The Balaban J connectivity index is 2.68. The van der Waals surface area contributed by atoms with Crippen molar-refractivity contribution in [3.05, 3.63) is 42.5 Å². The minimum atomic E-state index is -1.16. The first-order valence-electron chi connectivity index (χ1n) is 5.76. The van der Waals surface area contributed by atoms with Gasteiger partial charge in [0.05, 0.1) is 16.6 Å². The minimum Gasteiger partial charge on any atom is -0.461 e. The van der Waals surface area contributed by atoms with Crippen LogP contribution < -0.4 is 0 Å². The first-order valence-corrected chi connectivity index (χ1v) is 7.08. The smallest absolute Gasteiger partial charge is 0.302 e. The molecule has 0 heterocycles. The molecule has 2 atom stereocenters. The number of hydrogen-bond donors (Lipinski definition) is 0. The van der Waals surface area contributed by atoms with Crippen LogP contribution in [0.4, 0.5) is 0 Å². The molecule has 0 aromatic heterocycles. The maximum Gasteiger partial charge on any atom is 0.302 e. The van der Waals surface area contributed by atoms with Crippen LogP contribution in [0, 0.1) is 6.92 Å². The molecule has 0 saturated carbocycles. The highest BCUT2D eigenvalue weighted by Gasteiger charge is 2.15. The second-order valence-electron chi connectivity index (χ2n) is 4.08. The van der Waals surface area contributed by atoms with E-state index in [0.717, 1.165) is 10.5 Å². The summed E-state index contributed by atoms with van der Waals surface area (Å²) in [5.74, 6) is -0.0583. The van der Waals surface area contributed by atoms with E-state index in [1.165, 1.54) is 6.92 Å². The molecule has 0 N–H and O–H groups in total. The van der Waals surface area contributed by atoms with Gasteiger partial charge < -0.3 is 4.74 Å². The third-order valence-electron chi connectivity index (χ3n) is 2.38. The third kappa shape index (κ3) is 4.84. The summed E-state index contributed by atoms with van der Waals surface area (Å²) in [6.45, 7) is 6.94. The molecule has 18 heavy (non-hydrogen) atoms. The number of esters is 1. The lowest BCUT2D eigenvalue weighted by Crippen LogP contribution is -2.22. The molecule has 1 aromatic carbocycles. The standard InChI is InChI=1S/C14H18O3S/c1-4-5-13(17-12(3)15)10-18(16)14-8-6-11(2)7-9-14/h4,6-9,13H,1,5,10H2,2-3H3/t13-,18-/m1/s1. The van der Waals surface area contributed by atoms with Crippen LogP contribution in [0.3, 0.4) is 0 Å². The number of carbonyl (C=O) groups is 1. The number of hydrogen-bond acceptors (Lipinski definition) is 3. The molecule has 0 aliphatic heterocycles. The Morgan fingerprint density at radius 3 is 2.56 bits per heavy atom. The molecule has 0 radical (unpaired) electrons. The predicted molar refractivity (Wildman–Crippen MR) is 72.8 cm³/mol. The van der Waals surface area contributed by atoms with Gasteiger partial charge in [0.25, 0.3) is 0 Å². The summed E-state index contributed by atoms with van der Waals surface area (Å²) in [7, 11) is -1.16. The summed E-state index contributed by atoms with van der Waals surface area (Å²) in [4.78, 5) is 11.7. The second-order valence-corrected chi connectivity index (χ2v) is 5.58. The lowest BCUT2D eigenvalue weighted by molar-refractivity contribution is -0.145. The molecule has 0 spiro atoms. The minimum absolute atomic E-state index is 0.300. The Hall–Kier alpha value is -1.42. The van der Waals surface area contributed by atoms with Crippen molar-refractivity contribution in [1.82, 2.24) is 0 Å². The van der Waals surface area contributed by atoms with E-state index in [1.807, 2.05) is 31.2 Å². The van der Waals surface area contributed by atoms with Gasteiger partial charge in [-0.15, -0.1) is 6.58 Å². The van der Waals surface area contributed by atoms with Crippen LogP contribution in [-0.4, -0.2) is 22.0 Å². The van der Waals surface area contributed by atoms with Crippen molar-refractivity contribution < 1.29 is 13.7 Å². The Kier molecular flexibility index (Phi) is 5.78. The molecule has 0 aliphatic carbocycles. The fourth-order valence-electron chi connectivity index (χ4n) is 1.53. The number of ether oxygens (including phenoxy) is 1. The SMILES string of the molecule is C=CC[C@H](C[S@@](=O)c1ccc(C)cc1)OC(C)=O. The molecule has 0 amide bonds. The molecular formula is C14H18O3S. The Morgan fingerprint density at radius 1 is 1.44 bits per heavy atom. The summed E-state index contributed by atoms with van der Waals surface area (Å²) in [5.41, 5.74) is 1.12. The molecule has 3 nitrogen and oxygen atoms in total. The molecule has 0 unspecified atom stereocenters. The summed E-state index contributed by atoms with van der Waals surface area (Å²) in [5, 5.41) is 0. The highest BCUT2D eigenvalue weighted by Crippen LogP contribution is 2.12. The number of benzene rings is 1. The predicted octanol–water partition coefficient (Wildman–Crippen LogP) is 2.61. The van der Waals surface area contributed by atoms with Gasteiger partial charge in [-0.1, -0.05) is 23.8 Å². The van der Waals surface area contributed by atoms with Gasteiger partial charge in [0, 0.05) is 18.2 Å². The highest BCUT2D eigenvalue weighted by atomic mass is 32.2. The number of carbonyl (C=O) groups excluding carboxylic acids is 1. The van der Waals surface area contributed by atoms with Crippen LogP contribution in [0.1, 0.15) is 18.9 Å². The Morgan fingerprint density at radius 2 is 2.06 bits per heavy atom. The van der Waals surface area contributed by atoms with E-state index in [4.69, 9.17) is 4.74 Å². The normalized spacial score (nSPS) is 13.7. The van der Waals surface area contributed by atoms with Crippen molar-refractivity contribution in [2.45, 2.75) is 31.3 Å². The molecule has 0 saturated heterocycles. The summed E-state index contributed by atoms with van der Waals surface area (Å²) in [6.07, 6.45) is 1.80. The zero-order valence-corrected chi connectivity index (χ0v) is 11.5. The maximum atomic E-state index is 12.1. The molecule has 98 valence electrons. The van der Waals surface area contributed by atoms with Gasteiger partial charge in [0.2, 0.25) is 0 Å². The van der Waals surface area contributed by atoms with Crippen LogP contribution in [0.15, 0.2) is 41.8 Å². The van der Waals surface area contributed by atoms with Crippen LogP contribution in [0.2, 0.25) is 0 Å². The van der Waals surface area contributed by atoms with Crippen molar-refractivity contribution >= 4 is 16.8 Å². The summed E-state index contributed by atoms with van der Waals surface area (Å²) < 4.78 is 17.2. The number of aryl methyl sites for hydroxylation is 1. The van der Waals surface area contributed by atoms with Crippen LogP contribution in [-0.2, 0) is 20.3 Å². The van der Waals surface area contributed by atoms with Gasteiger partial charge in [-0.05, 0) is 19.1 Å². The van der Waals surface area contributed by atoms with E-state index in [-0.39, 0.29) is 12.1 Å². The number of rotatable bonds is 6. The summed E-state index contributed by atoms with van der Waals surface area (Å²) >= 11 is 0. The fraction of sp³-hybridized carbons (Fsp3) is 0.357. The molecule has 1 aromatic rings. The van der Waals surface area contributed by atoms with Gasteiger partial charge in [-0.3, -0.25) is 9.00 Å². The summed E-state index contributed by atoms with van der Waals surface area (Å²) in [6, 6.07) is 7.51. The average molecular weight is 266 g/mol. The Labute approximate surface area is 110 Å². The van der Waals surface area contributed by atoms with E-state index in [9.17, 15) is 9.00 Å². The quantitative estimate of drug-likeness (QED) is 0.587. The largest absolute Gasteiger partial charge is 0.461 e. The second kappa shape index (κ2) is 7.11. The lowest BCUT2D eigenvalue weighted by atomic mass is 10.2. The average Bonchev–Trinajstić information content (AvgIpc) is 2.29. The van der Waals surface area contributed by atoms with E-state index in [1.54, 1.807) is 6.08 Å². The zero-order valence-electron chi connectivity index (χ0n) is 10.7. The van der Waals surface area contributed by atoms with Crippen molar-refractivity contribution in [3.8, 4) is 0 Å². The monoisotopic (exact) mass is 266 g/mol. The van der Waals surface area contributed by atoms with E-state index in [2.05, 4.69) is 6.58 Å². The maximum absolute atomic E-state index is 12.1. The van der Waals surface area contributed by atoms with Crippen molar-refractivity contribution in [1.29, 1.82) is 0 Å². The highest BCUT2D eigenvalue weighted by molar-refractivity contribution is 7.85. The first-order chi connectivity index (χ1) is 8.52. The molecule has 1 rings (SSSR count). The molecule has 0 aliphatic rings. The topological polar surface area (TPSA) is 43.4 Å². The molecule has 0 fully saturated rings. The van der Waals surface area contributed by atoms with Gasteiger partial charge in [0.1, 0.15) is 6.10 Å². The van der Waals surface area contributed by atoms with Gasteiger partial charge in [-0.25, -0.2) is 0 Å². The first kappa shape index (κ1) is 14.6. The van der Waals surface area contributed by atoms with Crippen LogP contribution in [0.5, 0.6) is 0 Å². The van der Waals surface area contributed by atoms with E-state index in [0.29, 0.717) is 12.2 Å². The van der Waals surface area contributed by atoms with Gasteiger partial charge in [-0.2, -0.15) is 0 Å². The third-order valence-corrected chi connectivity index (χ3v) is 3.86. The van der Waals surface area contributed by atoms with Crippen molar-refractivity contribution in [2.75, 3.05) is 5.75 Å². The molecular weight excluding hydrogens is 248 g/mol. The molecule has 4 heteroatoms. The fourth-order valence-corrected chi connectivity index (χ4v) is 2.70. The Bertz CT molecular complexity index is 437. The van der Waals surface area contributed by atoms with E-state index < -0.39 is 10.8 Å².